The first kappa shape index (κ1) is 17.3. The van der Waals surface area contributed by atoms with Gasteiger partial charge in [0.15, 0.2) is 0 Å². The van der Waals surface area contributed by atoms with Gasteiger partial charge >= 0.3 is 6.18 Å². The Morgan fingerprint density at radius 3 is 2.48 bits per heavy atom. The summed E-state index contributed by atoms with van der Waals surface area (Å²) in [6.07, 6.45) is 1.77. The number of rotatable bonds is 4. The highest BCUT2D eigenvalue weighted by molar-refractivity contribution is 5.87. The van der Waals surface area contributed by atoms with Crippen LogP contribution in [-0.2, 0) is 11.0 Å². The SMILES string of the molecule is C=CC(=O)N1C[C@@H](CC)[C@H](/C=C/c2ccc(C(F)(F)F)cc2)C1. The molecule has 1 saturated heterocycles. The minimum Gasteiger partial charge on any atom is -0.338 e. The van der Waals surface area contributed by atoms with E-state index >= 15 is 0 Å². The highest BCUT2D eigenvalue weighted by Gasteiger charge is 2.32. The minimum absolute atomic E-state index is 0.0751. The zero-order valence-electron chi connectivity index (χ0n) is 13.0. The molecule has 0 saturated carbocycles. The lowest BCUT2D eigenvalue weighted by Crippen LogP contribution is -2.26. The fourth-order valence-corrected chi connectivity index (χ4v) is 2.87. The van der Waals surface area contributed by atoms with E-state index in [4.69, 9.17) is 0 Å². The van der Waals surface area contributed by atoms with Crippen molar-refractivity contribution in [2.45, 2.75) is 19.5 Å². The first-order chi connectivity index (χ1) is 10.8. The standard InChI is InChI=1S/C18H20F3NO/c1-3-14-11-22(17(23)4-2)12-15(14)8-5-13-6-9-16(10-7-13)18(19,20)21/h4-10,14-15H,2-3,11-12H2,1H3/b8-5+/t14-,15-/m1/s1. The van der Waals surface area contributed by atoms with Crippen LogP contribution in [0.1, 0.15) is 24.5 Å². The van der Waals surface area contributed by atoms with E-state index in [9.17, 15) is 18.0 Å². The monoisotopic (exact) mass is 323 g/mol. The fraction of sp³-hybridized carbons (Fsp3) is 0.389. The lowest BCUT2D eigenvalue weighted by atomic mass is 9.93. The molecule has 0 radical (unpaired) electrons. The largest absolute Gasteiger partial charge is 0.416 e. The maximum absolute atomic E-state index is 12.5. The molecule has 0 aliphatic carbocycles. The molecule has 0 aromatic heterocycles. The van der Waals surface area contributed by atoms with Crippen LogP contribution in [0.5, 0.6) is 0 Å². The third kappa shape index (κ3) is 4.24. The van der Waals surface area contributed by atoms with Gasteiger partial charge in [0.25, 0.3) is 0 Å². The van der Waals surface area contributed by atoms with Crippen molar-refractivity contribution in [3.8, 4) is 0 Å². The van der Waals surface area contributed by atoms with E-state index in [0.717, 1.165) is 24.1 Å². The van der Waals surface area contributed by atoms with Crippen LogP contribution in [0.25, 0.3) is 6.08 Å². The van der Waals surface area contributed by atoms with Crippen molar-refractivity contribution in [2.24, 2.45) is 11.8 Å². The smallest absolute Gasteiger partial charge is 0.338 e. The molecule has 1 aliphatic rings. The number of halogens is 3. The topological polar surface area (TPSA) is 20.3 Å². The summed E-state index contributed by atoms with van der Waals surface area (Å²) in [5, 5.41) is 0. The highest BCUT2D eigenvalue weighted by Crippen LogP contribution is 2.30. The van der Waals surface area contributed by atoms with Crippen LogP contribution in [-0.4, -0.2) is 23.9 Å². The van der Waals surface area contributed by atoms with Gasteiger partial charge in [-0.15, -0.1) is 0 Å². The third-order valence-electron chi connectivity index (χ3n) is 4.28. The average molecular weight is 323 g/mol. The summed E-state index contributed by atoms with van der Waals surface area (Å²) in [6, 6.07) is 5.09. The van der Waals surface area contributed by atoms with Crippen LogP contribution in [0.4, 0.5) is 13.2 Å². The molecule has 124 valence electrons. The van der Waals surface area contributed by atoms with Crippen LogP contribution in [0.2, 0.25) is 0 Å². The number of alkyl halides is 3. The summed E-state index contributed by atoms with van der Waals surface area (Å²) in [5.74, 6) is 0.504. The van der Waals surface area contributed by atoms with Crippen LogP contribution in [0.3, 0.4) is 0 Å². The van der Waals surface area contributed by atoms with Gasteiger partial charge in [-0.1, -0.05) is 44.2 Å². The van der Waals surface area contributed by atoms with Gasteiger partial charge in [0.05, 0.1) is 5.56 Å². The Balaban J connectivity index is 2.06. The molecule has 1 amide bonds. The van der Waals surface area contributed by atoms with Crippen LogP contribution in [0.15, 0.2) is 43.0 Å². The van der Waals surface area contributed by atoms with E-state index in [1.54, 1.807) is 4.90 Å². The molecule has 0 N–H and O–H groups in total. The molecule has 1 aliphatic heterocycles. The van der Waals surface area contributed by atoms with Gasteiger partial charge in [0, 0.05) is 13.1 Å². The Morgan fingerprint density at radius 2 is 1.96 bits per heavy atom. The molecule has 1 fully saturated rings. The Hall–Kier alpha value is -2.04. The van der Waals surface area contributed by atoms with Crippen molar-refractivity contribution >= 4 is 12.0 Å². The fourth-order valence-electron chi connectivity index (χ4n) is 2.87. The molecule has 0 bridgehead atoms. The van der Waals surface area contributed by atoms with Gasteiger partial charge in [-0.05, 0) is 35.6 Å². The number of benzene rings is 1. The molecule has 2 atom stereocenters. The minimum atomic E-state index is -4.31. The number of hydrogen-bond acceptors (Lipinski definition) is 1. The zero-order chi connectivity index (χ0) is 17.0. The maximum Gasteiger partial charge on any atom is 0.416 e. The highest BCUT2D eigenvalue weighted by atomic mass is 19.4. The second-order valence-corrected chi connectivity index (χ2v) is 5.76. The molecular weight excluding hydrogens is 303 g/mol. The number of carbonyl (C=O) groups excluding carboxylic acids is 1. The molecule has 0 spiro atoms. The van der Waals surface area contributed by atoms with Gasteiger partial charge in [-0.25, -0.2) is 0 Å². The molecule has 23 heavy (non-hydrogen) atoms. The number of nitrogens with zero attached hydrogens (tertiary/aromatic N) is 1. The molecule has 5 heteroatoms. The van der Waals surface area contributed by atoms with E-state index < -0.39 is 11.7 Å². The van der Waals surface area contributed by atoms with Crippen molar-refractivity contribution in [3.05, 3.63) is 54.1 Å². The Bertz CT molecular complexity index is 589. The summed E-state index contributed by atoms with van der Waals surface area (Å²) in [6.45, 7) is 6.90. The lowest BCUT2D eigenvalue weighted by molar-refractivity contribution is -0.137. The predicted molar refractivity (Wildman–Crippen MR) is 84.5 cm³/mol. The average Bonchev–Trinajstić information content (AvgIpc) is 2.95. The van der Waals surface area contributed by atoms with Crippen molar-refractivity contribution in [3.63, 3.8) is 0 Å². The Labute approximate surface area is 134 Å². The zero-order valence-corrected chi connectivity index (χ0v) is 13.0. The normalized spacial score (nSPS) is 21.8. The van der Waals surface area contributed by atoms with Crippen LogP contribution in [0, 0.1) is 11.8 Å². The molecule has 1 heterocycles. The lowest BCUT2D eigenvalue weighted by Gasteiger charge is -2.12. The number of hydrogen-bond donors (Lipinski definition) is 0. The van der Waals surface area contributed by atoms with E-state index in [1.165, 1.54) is 18.2 Å². The second kappa shape index (κ2) is 7.02. The summed E-state index contributed by atoms with van der Waals surface area (Å²) in [5.41, 5.74) is 0.0751. The summed E-state index contributed by atoms with van der Waals surface area (Å²) < 4.78 is 37.6. The molecule has 1 aromatic carbocycles. The predicted octanol–water partition coefficient (Wildman–Crippen LogP) is 4.39. The second-order valence-electron chi connectivity index (χ2n) is 5.76. The van der Waals surface area contributed by atoms with Gasteiger partial charge in [-0.2, -0.15) is 13.2 Å². The van der Waals surface area contributed by atoms with E-state index in [2.05, 4.69) is 13.5 Å². The molecular formula is C18H20F3NO. The summed E-state index contributed by atoms with van der Waals surface area (Å²) >= 11 is 0. The first-order valence-corrected chi connectivity index (χ1v) is 7.62. The van der Waals surface area contributed by atoms with Crippen LogP contribution >= 0.6 is 0 Å². The maximum atomic E-state index is 12.5. The van der Waals surface area contributed by atoms with E-state index in [-0.39, 0.29) is 11.8 Å². The van der Waals surface area contributed by atoms with Gasteiger partial charge in [-0.3, -0.25) is 4.79 Å². The van der Waals surface area contributed by atoms with Crippen molar-refractivity contribution < 1.29 is 18.0 Å². The third-order valence-corrected chi connectivity index (χ3v) is 4.28. The summed E-state index contributed by atoms with van der Waals surface area (Å²) in [4.78, 5) is 13.5. The molecule has 1 aromatic rings. The van der Waals surface area contributed by atoms with Gasteiger partial charge < -0.3 is 4.90 Å². The first-order valence-electron chi connectivity index (χ1n) is 7.62. The molecule has 2 rings (SSSR count). The number of carbonyl (C=O) groups is 1. The van der Waals surface area contributed by atoms with Crippen molar-refractivity contribution in [1.82, 2.24) is 4.90 Å². The quantitative estimate of drug-likeness (QED) is 0.753. The Kier molecular flexibility index (Phi) is 5.29. The molecule has 0 unspecified atom stereocenters. The number of likely N-dealkylation sites (tertiary alicyclic amines) is 1. The Morgan fingerprint density at radius 1 is 1.30 bits per heavy atom. The van der Waals surface area contributed by atoms with Crippen molar-refractivity contribution in [2.75, 3.05) is 13.1 Å². The van der Waals surface area contributed by atoms with E-state index in [0.29, 0.717) is 19.0 Å². The number of amides is 1. The van der Waals surface area contributed by atoms with E-state index in [1.807, 2.05) is 12.2 Å². The van der Waals surface area contributed by atoms with Crippen LogP contribution < -0.4 is 0 Å². The van der Waals surface area contributed by atoms with Gasteiger partial charge in [0.2, 0.25) is 5.91 Å². The van der Waals surface area contributed by atoms with Crippen molar-refractivity contribution in [1.29, 1.82) is 0 Å². The van der Waals surface area contributed by atoms with Gasteiger partial charge in [0.1, 0.15) is 0 Å². The molecule has 2 nitrogen and oxygen atoms in total. The summed E-state index contributed by atoms with van der Waals surface area (Å²) in [7, 11) is 0.